The summed E-state index contributed by atoms with van der Waals surface area (Å²) in [5, 5.41) is 41.6. The standard InChI is InChI=1S/C10H16N2O8.Ni.Th/c13-7(14)3-11(4-8(15)16)1-2-12(5-9(17)18)6-10(19)20;;/h1-6H2,(H,13,14)(H,15,16)(H,17,18)(H,19,20);;/q;+2;+4/p-4. The van der Waals surface area contributed by atoms with Gasteiger partial charge in [0, 0.05) is 39.3 Å². The van der Waals surface area contributed by atoms with Crippen LogP contribution in [0.25, 0.3) is 0 Å². The minimum atomic E-state index is -1.53. The van der Waals surface area contributed by atoms with E-state index in [-0.39, 0.29) is 69.5 Å². The molecule has 0 aromatic carbocycles. The van der Waals surface area contributed by atoms with Crippen molar-refractivity contribution in [2.75, 3.05) is 39.3 Å². The van der Waals surface area contributed by atoms with Crippen LogP contribution in [0.4, 0.5) is 0 Å². The summed E-state index contributed by atoms with van der Waals surface area (Å²) in [5.41, 5.74) is 0. The predicted octanol–water partition coefficient (Wildman–Crippen LogP) is -7.41. The Labute approximate surface area is 168 Å². The normalized spacial score (nSPS) is 9.73. The number of aliphatic carboxylic acids is 4. The van der Waals surface area contributed by atoms with Gasteiger partial charge in [-0.25, -0.2) is 0 Å². The molecule has 122 valence electrons. The molecule has 0 saturated carbocycles. The SMILES string of the molecule is O=C([O-])CN(CCN(CC(=O)[O-])CC(=O)[O-])CC(=O)[O-].[Ni+2].[Th+4]. The molecule has 10 nitrogen and oxygen atoms in total. The van der Waals surface area contributed by atoms with Gasteiger partial charge in [-0.15, -0.1) is 0 Å². The van der Waals surface area contributed by atoms with Gasteiger partial charge in [0.25, 0.3) is 0 Å². The Morgan fingerprint density at radius 3 is 0.909 bits per heavy atom. The number of carboxylic acid groups (broad SMARTS) is 4. The van der Waals surface area contributed by atoms with Crippen LogP contribution in [0.3, 0.4) is 0 Å². The molecular formula is C10H12N2NiO8Th+2. The van der Waals surface area contributed by atoms with Gasteiger partial charge in [-0.2, -0.15) is 0 Å². The average Bonchev–Trinajstić information content (AvgIpc) is 2.22. The third kappa shape index (κ3) is 16.0. The van der Waals surface area contributed by atoms with Gasteiger partial charge in [0.15, 0.2) is 0 Å². The topological polar surface area (TPSA) is 167 Å². The first kappa shape index (κ1) is 26.5. The molecule has 0 atom stereocenters. The second kappa shape index (κ2) is 14.2. The molecule has 0 aliphatic heterocycles. The number of hydrogen-bond acceptors (Lipinski definition) is 10. The third-order valence-corrected chi connectivity index (χ3v) is 2.14. The van der Waals surface area contributed by atoms with Gasteiger partial charge in [0.05, 0.1) is 23.9 Å². The minimum Gasteiger partial charge on any atom is -0.549 e. The number of carboxylic acids is 4. The van der Waals surface area contributed by atoms with E-state index in [9.17, 15) is 39.6 Å². The molecule has 0 heterocycles. The van der Waals surface area contributed by atoms with E-state index in [0.29, 0.717) is 0 Å². The van der Waals surface area contributed by atoms with Crippen LogP contribution in [0.15, 0.2) is 0 Å². The maximum Gasteiger partial charge on any atom is 4.00 e. The first-order valence-electron chi connectivity index (χ1n) is 5.44. The number of carbonyl (C=O) groups is 4. The number of rotatable bonds is 11. The second-order valence-electron chi connectivity index (χ2n) is 3.91. The van der Waals surface area contributed by atoms with Gasteiger partial charge < -0.3 is 39.6 Å². The Bertz CT molecular complexity index is 327. The Morgan fingerprint density at radius 1 is 0.591 bits per heavy atom. The van der Waals surface area contributed by atoms with Crippen molar-refractivity contribution in [3.8, 4) is 0 Å². The van der Waals surface area contributed by atoms with Gasteiger partial charge in [0.1, 0.15) is 0 Å². The van der Waals surface area contributed by atoms with Crippen LogP contribution in [-0.2, 0) is 35.7 Å². The fourth-order valence-corrected chi connectivity index (χ4v) is 1.44. The molecule has 0 aliphatic carbocycles. The Hall–Kier alpha value is -0.382. The Morgan fingerprint density at radius 2 is 0.773 bits per heavy atom. The zero-order valence-electron chi connectivity index (χ0n) is 11.2. The van der Waals surface area contributed by atoms with E-state index in [1.165, 1.54) is 0 Å². The zero-order chi connectivity index (χ0) is 15.7. The van der Waals surface area contributed by atoms with Crippen molar-refractivity contribution < 1.29 is 96.0 Å². The summed E-state index contributed by atoms with van der Waals surface area (Å²) < 4.78 is 0. The van der Waals surface area contributed by atoms with Crippen LogP contribution < -0.4 is 20.4 Å². The summed E-state index contributed by atoms with van der Waals surface area (Å²) in [6, 6.07) is 0. The van der Waals surface area contributed by atoms with Crippen molar-refractivity contribution in [3.05, 3.63) is 0 Å². The number of nitrogens with zero attached hydrogens (tertiary/aromatic N) is 2. The molecule has 0 aromatic rings. The molecule has 0 amide bonds. The van der Waals surface area contributed by atoms with E-state index < -0.39 is 50.1 Å². The molecule has 0 fully saturated rings. The fraction of sp³-hybridized carbons (Fsp3) is 0.600. The quantitative estimate of drug-likeness (QED) is 0.215. The van der Waals surface area contributed by atoms with Gasteiger partial charge in [-0.05, 0) is 0 Å². The Kier molecular flexibility index (Phi) is 17.1. The summed E-state index contributed by atoms with van der Waals surface area (Å²) in [6.45, 7) is -3.25. The van der Waals surface area contributed by atoms with Crippen LogP contribution in [0.2, 0.25) is 0 Å². The molecular weight excluding hydrogens is 567 g/mol. The number of carbonyl (C=O) groups excluding carboxylic acids is 4. The van der Waals surface area contributed by atoms with Gasteiger partial charge >= 0.3 is 56.4 Å². The summed E-state index contributed by atoms with van der Waals surface area (Å²) in [6.07, 6.45) is 0. The summed E-state index contributed by atoms with van der Waals surface area (Å²) in [7, 11) is 0. The maximum atomic E-state index is 10.4. The molecule has 0 aliphatic rings. The molecule has 0 rings (SSSR count). The van der Waals surface area contributed by atoms with E-state index in [2.05, 4.69) is 0 Å². The zero-order valence-corrected chi connectivity index (χ0v) is 16.3. The third-order valence-electron chi connectivity index (χ3n) is 2.14. The van der Waals surface area contributed by atoms with E-state index in [0.717, 1.165) is 9.80 Å². The van der Waals surface area contributed by atoms with E-state index in [4.69, 9.17) is 0 Å². The molecule has 0 unspecified atom stereocenters. The van der Waals surface area contributed by atoms with Crippen molar-refractivity contribution in [2.24, 2.45) is 0 Å². The smallest absolute Gasteiger partial charge is 0.549 e. The largest absolute Gasteiger partial charge is 4.00 e. The van der Waals surface area contributed by atoms with Gasteiger partial charge in [-0.1, -0.05) is 0 Å². The predicted molar refractivity (Wildman–Crippen MR) is 52.9 cm³/mol. The van der Waals surface area contributed by atoms with Crippen LogP contribution in [-0.4, -0.2) is 72.9 Å². The van der Waals surface area contributed by atoms with Gasteiger partial charge in [0.2, 0.25) is 0 Å². The maximum absolute atomic E-state index is 10.4. The molecule has 0 bridgehead atoms. The Balaban J connectivity index is -0.00000180. The van der Waals surface area contributed by atoms with Crippen LogP contribution in [0, 0.1) is 39.9 Å². The van der Waals surface area contributed by atoms with Crippen molar-refractivity contribution >= 4 is 23.9 Å². The molecule has 0 saturated heterocycles. The first-order chi connectivity index (χ1) is 9.20. The van der Waals surface area contributed by atoms with Crippen LogP contribution in [0.5, 0.6) is 0 Å². The second-order valence-corrected chi connectivity index (χ2v) is 3.91. The summed E-state index contributed by atoms with van der Waals surface area (Å²) in [5.74, 6) is -6.12. The molecule has 0 radical (unpaired) electrons. The van der Waals surface area contributed by atoms with Gasteiger partial charge in [-0.3, -0.25) is 9.80 Å². The fourth-order valence-electron chi connectivity index (χ4n) is 1.44. The van der Waals surface area contributed by atoms with Crippen molar-refractivity contribution in [1.82, 2.24) is 9.80 Å². The molecule has 0 aromatic heterocycles. The monoisotopic (exact) mass is 578 g/mol. The van der Waals surface area contributed by atoms with Crippen molar-refractivity contribution in [2.45, 2.75) is 0 Å². The van der Waals surface area contributed by atoms with Crippen molar-refractivity contribution in [3.63, 3.8) is 0 Å². The summed E-state index contributed by atoms with van der Waals surface area (Å²) in [4.78, 5) is 43.4. The van der Waals surface area contributed by atoms with E-state index in [1.54, 1.807) is 0 Å². The minimum absolute atomic E-state index is 0. The molecule has 0 spiro atoms. The van der Waals surface area contributed by atoms with Crippen LogP contribution in [0.1, 0.15) is 0 Å². The molecule has 12 heteroatoms. The van der Waals surface area contributed by atoms with Crippen LogP contribution >= 0.6 is 0 Å². The van der Waals surface area contributed by atoms with E-state index in [1.807, 2.05) is 0 Å². The van der Waals surface area contributed by atoms with Crippen molar-refractivity contribution in [1.29, 1.82) is 0 Å². The average molecular weight is 579 g/mol. The number of hydrogen-bond donors (Lipinski definition) is 0. The molecule has 22 heavy (non-hydrogen) atoms. The molecule has 0 N–H and O–H groups in total. The van der Waals surface area contributed by atoms with E-state index >= 15 is 0 Å². The summed E-state index contributed by atoms with van der Waals surface area (Å²) >= 11 is 0. The first-order valence-corrected chi connectivity index (χ1v) is 5.44.